The Morgan fingerprint density at radius 2 is 1.85 bits per heavy atom. The Labute approximate surface area is 216 Å². The van der Waals surface area contributed by atoms with Crippen molar-refractivity contribution in [1.82, 2.24) is 15.1 Å². The van der Waals surface area contributed by atoms with E-state index >= 15 is 0 Å². The molecule has 174 valence electrons. The summed E-state index contributed by atoms with van der Waals surface area (Å²) in [6.07, 6.45) is 5.03. The Balaban J connectivity index is 1.60. The summed E-state index contributed by atoms with van der Waals surface area (Å²) >= 11 is 24.7. The highest BCUT2D eigenvalue weighted by atomic mass is 35.5. The van der Waals surface area contributed by atoms with Crippen molar-refractivity contribution in [3.05, 3.63) is 67.7 Å². The lowest BCUT2D eigenvalue weighted by Gasteiger charge is -2.27. The zero-order chi connectivity index (χ0) is 24.0. The van der Waals surface area contributed by atoms with Gasteiger partial charge in [-0.25, -0.2) is 0 Å². The van der Waals surface area contributed by atoms with Gasteiger partial charge in [0.15, 0.2) is 5.69 Å². The lowest BCUT2D eigenvalue weighted by Crippen LogP contribution is -2.45. The smallest absolute Gasteiger partial charge is 0.273 e. The molecule has 6 nitrogen and oxygen atoms in total. The van der Waals surface area contributed by atoms with Crippen molar-refractivity contribution in [2.75, 3.05) is 0 Å². The topological polar surface area (TPSA) is 79.9 Å². The van der Waals surface area contributed by atoms with Gasteiger partial charge in [0.2, 0.25) is 5.88 Å². The van der Waals surface area contributed by atoms with Gasteiger partial charge >= 0.3 is 0 Å². The second-order valence-corrected chi connectivity index (χ2v) is 10.4. The zero-order valence-corrected chi connectivity index (χ0v) is 20.8. The highest BCUT2D eigenvalue weighted by Gasteiger charge is 2.46. The standard InChI is InChI=1S/C24H18Cl4N4O2/c25-14-1-4-20(19(28)9-14)32-23(34-15-2-3-17(26)18(27)10-15)16(12-29)21(31-32)22(33)30-24-7-5-13(11-24)6-8-24/h1-4,9-10,13H,5-8,11H2,(H,30,33). The van der Waals surface area contributed by atoms with Gasteiger partial charge in [-0.1, -0.05) is 46.4 Å². The van der Waals surface area contributed by atoms with Gasteiger partial charge in [-0.05, 0) is 68.4 Å². The van der Waals surface area contributed by atoms with E-state index in [0.29, 0.717) is 27.4 Å². The molecule has 2 bridgehead atoms. The minimum absolute atomic E-state index is 0.0152. The molecule has 0 radical (unpaired) electrons. The predicted molar refractivity (Wildman–Crippen MR) is 132 cm³/mol. The maximum Gasteiger partial charge on any atom is 0.273 e. The molecule has 2 saturated carbocycles. The Morgan fingerprint density at radius 3 is 2.47 bits per heavy atom. The van der Waals surface area contributed by atoms with Gasteiger partial charge in [-0.3, -0.25) is 4.79 Å². The Kier molecular flexibility index (Phi) is 6.16. The maximum atomic E-state index is 13.4. The number of benzene rings is 2. The molecule has 0 saturated heterocycles. The van der Waals surface area contributed by atoms with E-state index in [2.05, 4.69) is 16.5 Å². The van der Waals surface area contributed by atoms with Crippen LogP contribution < -0.4 is 10.1 Å². The van der Waals surface area contributed by atoms with Crippen molar-refractivity contribution in [3.63, 3.8) is 0 Å². The number of fused-ring (bicyclic) bond motifs is 2. The van der Waals surface area contributed by atoms with Gasteiger partial charge in [0.1, 0.15) is 17.4 Å². The van der Waals surface area contributed by atoms with Crippen LogP contribution in [0.25, 0.3) is 5.69 Å². The molecule has 1 heterocycles. The first-order valence-corrected chi connectivity index (χ1v) is 12.2. The number of aromatic nitrogens is 2. The third kappa shape index (κ3) is 4.23. The summed E-state index contributed by atoms with van der Waals surface area (Å²) in [6.45, 7) is 0. The van der Waals surface area contributed by atoms with Gasteiger partial charge in [0, 0.05) is 16.6 Å². The number of hydrogen-bond acceptors (Lipinski definition) is 4. The van der Waals surface area contributed by atoms with Crippen LogP contribution in [0.3, 0.4) is 0 Å². The molecule has 3 aromatic rings. The number of nitrogens with one attached hydrogen (secondary N) is 1. The highest BCUT2D eigenvalue weighted by Crippen LogP contribution is 2.47. The van der Waals surface area contributed by atoms with E-state index in [1.165, 1.54) is 10.7 Å². The third-order valence-corrected chi connectivity index (χ3v) is 7.81. The van der Waals surface area contributed by atoms with Crippen LogP contribution in [0.4, 0.5) is 0 Å². The van der Waals surface area contributed by atoms with Gasteiger partial charge < -0.3 is 10.1 Å². The van der Waals surface area contributed by atoms with E-state index in [-0.39, 0.29) is 32.7 Å². The van der Waals surface area contributed by atoms with E-state index in [9.17, 15) is 10.1 Å². The highest BCUT2D eigenvalue weighted by molar-refractivity contribution is 6.42. The van der Waals surface area contributed by atoms with E-state index in [0.717, 1.165) is 32.1 Å². The molecule has 1 aromatic heterocycles. The Morgan fingerprint density at radius 1 is 1.09 bits per heavy atom. The van der Waals surface area contributed by atoms with E-state index in [1.54, 1.807) is 30.3 Å². The minimum Gasteiger partial charge on any atom is -0.437 e. The fourth-order valence-corrected chi connectivity index (χ4v) is 5.67. The Hall–Kier alpha value is -2.43. The van der Waals surface area contributed by atoms with Crippen LogP contribution in [0, 0.1) is 17.2 Å². The molecule has 34 heavy (non-hydrogen) atoms. The van der Waals surface area contributed by atoms with Crippen LogP contribution in [-0.2, 0) is 0 Å². The zero-order valence-electron chi connectivity index (χ0n) is 17.7. The summed E-state index contributed by atoms with van der Waals surface area (Å²) in [7, 11) is 0. The monoisotopic (exact) mass is 534 g/mol. The van der Waals surface area contributed by atoms with Crippen molar-refractivity contribution in [3.8, 4) is 23.4 Å². The fraction of sp³-hybridized carbons (Fsp3) is 0.292. The quantitative estimate of drug-likeness (QED) is 0.374. The third-order valence-electron chi connectivity index (χ3n) is 6.53. The molecule has 0 spiro atoms. The molecule has 10 heteroatoms. The minimum atomic E-state index is -0.415. The maximum absolute atomic E-state index is 13.4. The normalized spacial score (nSPS) is 20.9. The average Bonchev–Trinajstić information content (AvgIpc) is 3.49. The number of ether oxygens (including phenoxy) is 1. The lowest BCUT2D eigenvalue weighted by atomic mass is 9.93. The second-order valence-electron chi connectivity index (χ2n) is 8.71. The molecule has 2 aliphatic rings. The molecule has 2 fully saturated rings. The first-order valence-electron chi connectivity index (χ1n) is 10.7. The van der Waals surface area contributed by atoms with E-state index < -0.39 is 5.91 Å². The van der Waals surface area contributed by atoms with Gasteiger partial charge in [-0.15, -0.1) is 0 Å². The number of hydrogen-bond donors (Lipinski definition) is 1. The van der Waals surface area contributed by atoms with Gasteiger partial charge in [0.25, 0.3) is 5.91 Å². The molecule has 1 amide bonds. The number of halogens is 4. The summed E-state index contributed by atoms with van der Waals surface area (Å²) < 4.78 is 7.36. The van der Waals surface area contributed by atoms with E-state index in [1.807, 2.05) is 0 Å². The van der Waals surface area contributed by atoms with Crippen LogP contribution in [-0.4, -0.2) is 21.2 Å². The predicted octanol–water partition coefficient (Wildman–Crippen LogP) is 7.21. The fourth-order valence-electron chi connectivity index (χ4n) is 4.89. The summed E-state index contributed by atoms with van der Waals surface area (Å²) in [6, 6.07) is 11.6. The van der Waals surface area contributed by atoms with Crippen LogP contribution in [0.1, 0.15) is 48.2 Å². The lowest BCUT2D eigenvalue weighted by molar-refractivity contribution is 0.0895. The molecular weight excluding hydrogens is 518 g/mol. The molecule has 0 atom stereocenters. The number of nitrogens with zero attached hydrogens (tertiary/aromatic N) is 3. The summed E-state index contributed by atoms with van der Waals surface area (Å²) in [4.78, 5) is 13.4. The van der Waals surface area contributed by atoms with Gasteiger partial charge in [-0.2, -0.15) is 15.0 Å². The molecule has 1 N–H and O–H groups in total. The molecule has 0 aliphatic heterocycles. The second kappa shape index (κ2) is 8.98. The number of nitriles is 1. The number of carbonyl (C=O) groups excluding carboxylic acids is 1. The largest absolute Gasteiger partial charge is 0.437 e. The Bertz CT molecular complexity index is 1340. The van der Waals surface area contributed by atoms with Crippen molar-refractivity contribution >= 4 is 52.3 Å². The van der Waals surface area contributed by atoms with Crippen molar-refractivity contribution in [2.24, 2.45) is 5.92 Å². The van der Waals surface area contributed by atoms with Crippen molar-refractivity contribution in [1.29, 1.82) is 5.26 Å². The summed E-state index contributed by atoms with van der Waals surface area (Å²) in [5.41, 5.74) is 0.115. The molecule has 2 aliphatic carbocycles. The van der Waals surface area contributed by atoms with Crippen LogP contribution in [0.5, 0.6) is 11.6 Å². The van der Waals surface area contributed by atoms with Crippen molar-refractivity contribution < 1.29 is 9.53 Å². The van der Waals surface area contributed by atoms with Crippen molar-refractivity contribution in [2.45, 2.75) is 37.6 Å². The number of rotatable bonds is 5. The summed E-state index contributed by atoms with van der Waals surface area (Å²) in [5, 5.41) is 19.0. The first kappa shape index (κ1) is 23.3. The number of carbonyl (C=O) groups is 1. The average molecular weight is 536 g/mol. The van der Waals surface area contributed by atoms with Crippen LogP contribution in [0.2, 0.25) is 20.1 Å². The molecular formula is C24H18Cl4N4O2. The summed E-state index contributed by atoms with van der Waals surface area (Å²) in [5.74, 6) is 0.581. The first-order chi connectivity index (χ1) is 16.3. The molecule has 5 rings (SSSR count). The SMILES string of the molecule is N#Cc1c(C(=O)NC23CCC(CC2)C3)nn(-c2ccc(Cl)cc2Cl)c1Oc1ccc(Cl)c(Cl)c1. The van der Waals surface area contributed by atoms with Crippen LogP contribution in [0.15, 0.2) is 36.4 Å². The van der Waals surface area contributed by atoms with E-state index in [4.69, 9.17) is 51.1 Å². The van der Waals surface area contributed by atoms with Gasteiger partial charge in [0.05, 0.1) is 20.8 Å². The number of amides is 1. The van der Waals surface area contributed by atoms with Crippen LogP contribution >= 0.6 is 46.4 Å². The molecule has 2 aromatic carbocycles. The molecule has 0 unspecified atom stereocenters.